The number of carboxylic acid groups (broad SMARTS) is 2. The van der Waals surface area contributed by atoms with Gasteiger partial charge in [-0.15, -0.1) is 0 Å². The number of carboxylic acids is 2. The molecule has 0 saturated heterocycles. The molecule has 2 N–H and O–H groups in total. The van der Waals surface area contributed by atoms with Gasteiger partial charge in [0.1, 0.15) is 11.0 Å². The summed E-state index contributed by atoms with van der Waals surface area (Å²) < 4.78 is 11.9. The van der Waals surface area contributed by atoms with Gasteiger partial charge in [-0.3, -0.25) is 14.6 Å². The molecule has 6 aromatic rings. The molecule has 2 aromatic heterocycles. The van der Waals surface area contributed by atoms with Crippen LogP contribution < -0.4 is 4.90 Å². The van der Waals surface area contributed by atoms with Crippen molar-refractivity contribution in [3.8, 4) is 22.9 Å². The Hall–Kier alpha value is -6.03. The Labute approximate surface area is 250 Å². The average molecular weight is 585 g/mol. The lowest BCUT2D eigenvalue weighted by Crippen LogP contribution is -2.25. The quantitative estimate of drug-likeness (QED) is 0.206. The van der Waals surface area contributed by atoms with Gasteiger partial charge in [-0.1, -0.05) is 24.3 Å². The molecule has 3 heterocycles. The number of carbonyl (C=O) groups is 2. The van der Waals surface area contributed by atoms with Crippen molar-refractivity contribution in [3.05, 3.63) is 108 Å². The molecule has 44 heavy (non-hydrogen) atoms. The zero-order chi connectivity index (χ0) is 30.2. The summed E-state index contributed by atoms with van der Waals surface area (Å²) in [5.74, 6) is -0.872. The molecule has 1 aliphatic heterocycles. The van der Waals surface area contributed by atoms with Crippen LogP contribution in [0.4, 0.5) is 5.69 Å². The molecule has 10 heteroatoms. The molecule has 0 bridgehead atoms. The van der Waals surface area contributed by atoms with Crippen molar-refractivity contribution in [2.24, 2.45) is 4.99 Å². The van der Waals surface area contributed by atoms with E-state index in [2.05, 4.69) is 19.9 Å². The maximum atomic E-state index is 11.1. The van der Waals surface area contributed by atoms with Crippen molar-refractivity contribution in [3.63, 3.8) is 0 Å². The predicted molar refractivity (Wildman–Crippen MR) is 165 cm³/mol. The van der Waals surface area contributed by atoms with Crippen LogP contribution in [-0.4, -0.2) is 44.9 Å². The standard InChI is InChI=1S/C34H24N4O6/c39-31(40)17-20-1-11-29-26(15-20)36-33(43-29)23-5-3-22(4-6-23)28-19-35-13-14-38(28)25-9-7-24(8-10-25)34-37-27-16-21(18-32(41)42)2-12-30(27)44-34/h1-13,15-16,19H,14,17-18H2,(H,39,40)(H,41,42). The molecule has 7 rings (SSSR count). The first-order chi connectivity index (χ1) is 21.4. The van der Waals surface area contributed by atoms with E-state index >= 15 is 0 Å². The largest absolute Gasteiger partial charge is 0.481 e. The number of aliphatic imine (C=N–C) groups is 1. The normalized spacial score (nSPS) is 13.0. The molecule has 0 spiro atoms. The molecular formula is C34H24N4O6. The van der Waals surface area contributed by atoms with Crippen molar-refractivity contribution in [1.82, 2.24) is 9.97 Å². The van der Waals surface area contributed by atoms with Crippen molar-refractivity contribution in [2.75, 3.05) is 11.4 Å². The van der Waals surface area contributed by atoms with Crippen LogP contribution in [0.25, 0.3) is 50.8 Å². The molecule has 10 nitrogen and oxygen atoms in total. The number of hydrogen-bond acceptors (Lipinski definition) is 8. The fraction of sp³-hybridized carbons (Fsp3) is 0.0882. The van der Waals surface area contributed by atoms with Crippen LogP contribution in [0.1, 0.15) is 16.7 Å². The molecular weight excluding hydrogens is 560 g/mol. The third-order valence-corrected chi connectivity index (χ3v) is 7.33. The number of anilines is 1. The summed E-state index contributed by atoms with van der Waals surface area (Å²) in [5, 5.41) is 18.2. The number of benzene rings is 4. The van der Waals surface area contributed by atoms with Crippen molar-refractivity contribution < 1.29 is 28.6 Å². The van der Waals surface area contributed by atoms with Gasteiger partial charge < -0.3 is 23.9 Å². The molecule has 0 radical (unpaired) electrons. The highest BCUT2D eigenvalue weighted by molar-refractivity contribution is 5.88. The fourth-order valence-electron chi connectivity index (χ4n) is 5.22. The van der Waals surface area contributed by atoms with Gasteiger partial charge in [0.2, 0.25) is 11.8 Å². The number of fused-ring (bicyclic) bond motifs is 2. The van der Waals surface area contributed by atoms with E-state index in [0.29, 0.717) is 51.7 Å². The van der Waals surface area contributed by atoms with E-state index in [1.54, 1.807) is 36.4 Å². The lowest BCUT2D eigenvalue weighted by Gasteiger charge is -2.28. The van der Waals surface area contributed by atoms with Gasteiger partial charge >= 0.3 is 11.9 Å². The number of aromatic nitrogens is 2. The molecule has 1 aliphatic rings. The second-order valence-electron chi connectivity index (χ2n) is 10.4. The molecule has 0 fully saturated rings. The number of oxazole rings is 2. The van der Waals surface area contributed by atoms with Gasteiger partial charge in [0.15, 0.2) is 11.2 Å². The Morgan fingerprint density at radius 3 is 1.70 bits per heavy atom. The molecule has 0 saturated carbocycles. The Bertz CT molecular complexity index is 2110. The molecule has 0 amide bonds. The predicted octanol–water partition coefficient (Wildman–Crippen LogP) is 6.45. The van der Waals surface area contributed by atoms with E-state index < -0.39 is 11.9 Å². The lowest BCUT2D eigenvalue weighted by molar-refractivity contribution is -0.137. The van der Waals surface area contributed by atoms with Crippen LogP contribution in [0.15, 0.2) is 105 Å². The molecule has 4 aromatic carbocycles. The first-order valence-electron chi connectivity index (χ1n) is 13.8. The van der Waals surface area contributed by atoms with Crippen molar-refractivity contribution in [2.45, 2.75) is 12.8 Å². The summed E-state index contributed by atoms with van der Waals surface area (Å²) >= 11 is 0. The zero-order valence-electron chi connectivity index (χ0n) is 23.2. The highest BCUT2D eigenvalue weighted by Gasteiger charge is 2.18. The molecule has 216 valence electrons. The van der Waals surface area contributed by atoms with Crippen LogP contribution in [0.3, 0.4) is 0 Å². The summed E-state index contributed by atoms with van der Waals surface area (Å²) in [6.45, 7) is 0.589. The highest BCUT2D eigenvalue weighted by atomic mass is 16.4. The van der Waals surface area contributed by atoms with E-state index in [4.69, 9.17) is 19.0 Å². The maximum absolute atomic E-state index is 11.1. The van der Waals surface area contributed by atoms with Gasteiger partial charge in [0, 0.05) is 23.0 Å². The minimum Gasteiger partial charge on any atom is -0.481 e. The number of aliphatic carboxylic acids is 2. The smallest absolute Gasteiger partial charge is 0.307 e. The molecule has 0 unspecified atom stereocenters. The molecule has 0 atom stereocenters. The summed E-state index contributed by atoms with van der Waals surface area (Å²) in [7, 11) is 0. The van der Waals surface area contributed by atoms with E-state index in [1.165, 1.54) is 0 Å². The summed E-state index contributed by atoms with van der Waals surface area (Å²) in [5.41, 5.74) is 8.21. The van der Waals surface area contributed by atoms with Crippen LogP contribution in [-0.2, 0) is 22.4 Å². The van der Waals surface area contributed by atoms with Gasteiger partial charge in [-0.05, 0) is 77.4 Å². The average Bonchev–Trinajstić information content (AvgIpc) is 3.65. The minimum absolute atomic E-state index is 0.0711. The Morgan fingerprint density at radius 1 is 0.682 bits per heavy atom. The van der Waals surface area contributed by atoms with Gasteiger partial charge in [0.25, 0.3) is 0 Å². The Morgan fingerprint density at radius 2 is 1.18 bits per heavy atom. The van der Waals surface area contributed by atoms with E-state index in [9.17, 15) is 9.59 Å². The van der Waals surface area contributed by atoms with E-state index in [1.807, 2.05) is 60.9 Å². The van der Waals surface area contributed by atoms with Gasteiger partial charge in [-0.25, -0.2) is 9.97 Å². The third-order valence-electron chi connectivity index (χ3n) is 7.33. The Balaban J connectivity index is 1.11. The second kappa shape index (κ2) is 11.0. The third kappa shape index (κ3) is 5.32. The maximum Gasteiger partial charge on any atom is 0.307 e. The van der Waals surface area contributed by atoms with E-state index in [0.717, 1.165) is 28.1 Å². The second-order valence-corrected chi connectivity index (χ2v) is 10.4. The van der Waals surface area contributed by atoms with Crippen molar-refractivity contribution >= 4 is 51.7 Å². The van der Waals surface area contributed by atoms with Crippen LogP contribution in [0.5, 0.6) is 0 Å². The summed E-state index contributed by atoms with van der Waals surface area (Å²) in [4.78, 5) is 37.8. The lowest BCUT2D eigenvalue weighted by atomic mass is 10.1. The summed E-state index contributed by atoms with van der Waals surface area (Å²) in [6.07, 6.45) is 3.53. The van der Waals surface area contributed by atoms with Crippen LogP contribution >= 0.6 is 0 Å². The zero-order valence-corrected chi connectivity index (χ0v) is 23.2. The minimum atomic E-state index is -0.896. The SMILES string of the molecule is O=C(O)Cc1ccc2oc(-c3ccc(C4=CN=CCN4c4ccc(-c5nc6cc(CC(=O)O)ccc6o5)cc4)cc3)nc2c1. The van der Waals surface area contributed by atoms with Crippen LogP contribution in [0.2, 0.25) is 0 Å². The van der Waals surface area contributed by atoms with E-state index in [-0.39, 0.29) is 12.8 Å². The summed E-state index contributed by atoms with van der Waals surface area (Å²) in [6, 6.07) is 26.2. The fourth-order valence-corrected chi connectivity index (χ4v) is 5.22. The van der Waals surface area contributed by atoms with Gasteiger partial charge in [0.05, 0.1) is 31.3 Å². The first-order valence-corrected chi connectivity index (χ1v) is 13.8. The van der Waals surface area contributed by atoms with Crippen LogP contribution in [0, 0.1) is 0 Å². The molecule has 0 aliphatic carbocycles. The number of rotatable bonds is 8. The number of hydrogen-bond donors (Lipinski definition) is 2. The first kappa shape index (κ1) is 26.8. The number of nitrogens with zero attached hydrogens (tertiary/aromatic N) is 4. The Kier molecular flexibility index (Phi) is 6.71. The highest BCUT2D eigenvalue weighted by Crippen LogP contribution is 2.33. The topological polar surface area (TPSA) is 142 Å². The monoisotopic (exact) mass is 584 g/mol. The van der Waals surface area contributed by atoms with Crippen molar-refractivity contribution in [1.29, 1.82) is 0 Å². The van der Waals surface area contributed by atoms with Gasteiger partial charge in [-0.2, -0.15) is 0 Å².